The molecule has 1 heterocycles. The zero-order valence-electron chi connectivity index (χ0n) is 6.58. The van der Waals surface area contributed by atoms with E-state index in [2.05, 4.69) is 5.32 Å². The Morgan fingerprint density at radius 2 is 2.25 bits per heavy atom. The molecule has 12 heavy (non-hydrogen) atoms. The second kappa shape index (κ2) is 4.69. The number of nitrogens with one attached hydrogen (secondary N) is 1. The summed E-state index contributed by atoms with van der Waals surface area (Å²) in [5.41, 5.74) is 0.145. The minimum absolute atomic E-state index is 0.145. The van der Waals surface area contributed by atoms with Crippen molar-refractivity contribution >= 4 is 11.8 Å². The summed E-state index contributed by atoms with van der Waals surface area (Å²) in [7, 11) is 0. The molecule has 1 atom stereocenters. The van der Waals surface area contributed by atoms with Crippen LogP contribution < -0.4 is 5.32 Å². The van der Waals surface area contributed by atoms with Crippen LogP contribution in [0.4, 0.5) is 0 Å². The number of allylic oxidation sites excluding steroid dienone is 1. The van der Waals surface area contributed by atoms with E-state index in [1.165, 1.54) is 12.0 Å². The van der Waals surface area contributed by atoms with Crippen molar-refractivity contribution in [3.8, 4) is 12.1 Å². The molecule has 1 aliphatic rings. The highest BCUT2D eigenvalue weighted by Crippen LogP contribution is 2.16. The molecule has 0 aromatic rings. The molecular weight excluding hydrogens is 170 g/mol. The summed E-state index contributed by atoms with van der Waals surface area (Å²) in [5.74, 6) is 2.24. The van der Waals surface area contributed by atoms with Gasteiger partial charge in [-0.3, -0.25) is 0 Å². The van der Waals surface area contributed by atoms with Crippen LogP contribution in [0.3, 0.4) is 0 Å². The Kier molecular flexibility index (Phi) is 3.50. The van der Waals surface area contributed by atoms with E-state index in [4.69, 9.17) is 10.5 Å². The van der Waals surface area contributed by atoms with Crippen molar-refractivity contribution in [1.29, 1.82) is 10.5 Å². The summed E-state index contributed by atoms with van der Waals surface area (Å²) in [6.45, 7) is 0. The fourth-order valence-corrected chi connectivity index (χ4v) is 2.12. The van der Waals surface area contributed by atoms with Crippen molar-refractivity contribution in [3.63, 3.8) is 0 Å². The largest absolute Gasteiger partial charge is 0.386 e. The number of hydrogen-bond donors (Lipinski definition) is 1. The van der Waals surface area contributed by atoms with Gasteiger partial charge in [0.1, 0.15) is 17.7 Å². The first-order valence-corrected chi connectivity index (χ1v) is 4.86. The highest BCUT2D eigenvalue weighted by atomic mass is 32.2. The molecule has 0 bridgehead atoms. The molecule has 0 unspecified atom stereocenters. The summed E-state index contributed by atoms with van der Waals surface area (Å²) >= 11 is 1.89. The summed E-state index contributed by atoms with van der Waals surface area (Å²) in [4.78, 5) is 0. The normalized spacial score (nSPS) is 20.7. The van der Waals surface area contributed by atoms with Crippen molar-refractivity contribution < 1.29 is 0 Å². The predicted molar refractivity (Wildman–Crippen MR) is 48.2 cm³/mol. The first-order chi connectivity index (χ1) is 5.86. The van der Waals surface area contributed by atoms with Gasteiger partial charge < -0.3 is 5.32 Å². The lowest BCUT2D eigenvalue weighted by Gasteiger charge is -2.06. The molecule has 1 rings (SSSR count). The fourth-order valence-electron chi connectivity index (χ4n) is 0.957. The third kappa shape index (κ3) is 2.48. The number of thioether (sulfide) groups is 1. The van der Waals surface area contributed by atoms with Gasteiger partial charge in [0.25, 0.3) is 0 Å². The van der Waals surface area contributed by atoms with Gasteiger partial charge in [-0.05, 0) is 12.2 Å². The minimum Gasteiger partial charge on any atom is -0.386 e. The Morgan fingerprint density at radius 3 is 2.75 bits per heavy atom. The van der Waals surface area contributed by atoms with Crippen LogP contribution in [0.2, 0.25) is 0 Å². The van der Waals surface area contributed by atoms with E-state index in [9.17, 15) is 0 Å². The molecular formula is C8H9N3S. The van der Waals surface area contributed by atoms with E-state index < -0.39 is 0 Å². The van der Waals surface area contributed by atoms with Gasteiger partial charge in [0.05, 0.1) is 0 Å². The van der Waals surface area contributed by atoms with Crippen LogP contribution in [0.15, 0.2) is 11.8 Å². The zero-order valence-corrected chi connectivity index (χ0v) is 7.40. The second-order valence-electron chi connectivity index (χ2n) is 2.51. The van der Waals surface area contributed by atoms with E-state index in [0.29, 0.717) is 6.04 Å². The molecule has 1 aliphatic heterocycles. The molecule has 1 saturated heterocycles. The maximum atomic E-state index is 8.41. The van der Waals surface area contributed by atoms with Crippen LogP contribution in [0.25, 0.3) is 0 Å². The van der Waals surface area contributed by atoms with Crippen LogP contribution in [0.1, 0.15) is 6.42 Å². The highest BCUT2D eigenvalue weighted by molar-refractivity contribution is 7.99. The van der Waals surface area contributed by atoms with Crippen molar-refractivity contribution in [3.05, 3.63) is 11.8 Å². The zero-order chi connectivity index (χ0) is 8.81. The first kappa shape index (κ1) is 8.96. The van der Waals surface area contributed by atoms with Crippen LogP contribution in [0, 0.1) is 22.7 Å². The lowest BCUT2D eigenvalue weighted by Crippen LogP contribution is -2.23. The van der Waals surface area contributed by atoms with Crippen molar-refractivity contribution in [2.45, 2.75) is 12.5 Å². The van der Waals surface area contributed by atoms with Gasteiger partial charge in [-0.25, -0.2) is 0 Å². The summed E-state index contributed by atoms with van der Waals surface area (Å²) in [6.07, 6.45) is 2.63. The van der Waals surface area contributed by atoms with Gasteiger partial charge in [0.15, 0.2) is 0 Å². The van der Waals surface area contributed by atoms with Gasteiger partial charge in [0, 0.05) is 18.0 Å². The SMILES string of the molecule is N#CC(C#N)=CN[C@H]1CCSC1. The van der Waals surface area contributed by atoms with Crippen LogP contribution >= 0.6 is 11.8 Å². The van der Waals surface area contributed by atoms with Gasteiger partial charge in [-0.15, -0.1) is 0 Å². The topological polar surface area (TPSA) is 59.6 Å². The Hall–Kier alpha value is -1.13. The molecule has 0 saturated carbocycles. The Bertz CT molecular complexity index is 236. The standard InChI is InChI=1S/C8H9N3S/c9-3-7(4-10)5-11-8-1-2-12-6-8/h5,8,11H,1-2,6H2/t8-/m0/s1. The van der Waals surface area contributed by atoms with Crippen LogP contribution in [0.5, 0.6) is 0 Å². The Labute approximate surface area is 76.1 Å². The number of hydrogen-bond acceptors (Lipinski definition) is 4. The molecule has 0 aliphatic carbocycles. The molecule has 1 N–H and O–H groups in total. The smallest absolute Gasteiger partial charge is 0.145 e. The average Bonchev–Trinajstić information content (AvgIpc) is 2.59. The number of rotatable bonds is 2. The van der Waals surface area contributed by atoms with Gasteiger partial charge in [-0.2, -0.15) is 22.3 Å². The molecule has 4 heteroatoms. The average molecular weight is 179 g/mol. The lowest BCUT2D eigenvalue weighted by molar-refractivity contribution is 0.652. The summed E-state index contributed by atoms with van der Waals surface area (Å²) < 4.78 is 0. The van der Waals surface area contributed by atoms with E-state index >= 15 is 0 Å². The first-order valence-electron chi connectivity index (χ1n) is 3.71. The van der Waals surface area contributed by atoms with E-state index in [-0.39, 0.29) is 5.57 Å². The molecule has 0 radical (unpaired) electrons. The summed E-state index contributed by atoms with van der Waals surface area (Å²) in [6, 6.07) is 4.05. The van der Waals surface area contributed by atoms with E-state index in [0.717, 1.165) is 12.2 Å². The maximum absolute atomic E-state index is 8.41. The Balaban J connectivity index is 2.38. The third-order valence-electron chi connectivity index (χ3n) is 1.63. The quantitative estimate of drug-likeness (QED) is 0.643. The Morgan fingerprint density at radius 1 is 1.50 bits per heavy atom. The van der Waals surface area contributed by atoms with Crippen LogP contribution in [-0.4, -0.2) is 17.5 Å². The molecule has 0 amide bonds. The van der Waals surface area contributed by atoms with Gasteiger partial charge >= 0.3 is 0 Å². The molecule has 0 spiro atoms. The van der Waals surface area contributed by atoms with Crippen molar-refractivity contribution in [2.24, 2.45) is 0 Å². The summed E-state index contributed by atoms with van der Waals surface area (Å²) in [5, 5.41) is 19.9. The maximum Gasteiger partial charge on any atom is 0.145 e. The number of nitrogens with zero attached hydrogens (tertiary/aromatic N) is 2. The fraction of sp³-hybridized carbons (Fsp3) is 0.500. The van der Waals surface area contributed by atoms with Crippen molar-refractivity contribution in [1.82, 2.24) is 5.32 Å². The van der Waals surface area contributed by atoms with Crippen LogP contribution in [-0.2, 0) is 0 Å². The molecule has 62 valence electrons. The number of nitriles is 2. The van der Waals surface area contributed by atoms with Gasteiger partial charge in [0.2, 0.25) is 0 Å². The van der Waals surface area contributed by atoms with E-state index in [1.807, 2.05) is 11.8 Å². The molecule has 0 aromatic heterocycles. The molecule has 0 aromatic carbocycles. The van der Waals surface area contributed by atoms with Gasteiger partial charge in [-0.1, -0.05) is 0 Å². The van der Waals surface area contributed by atoms with Crippen molar-refractivity contribution in [2.75, 3.05) is 11.5 Å². The predicted octanol–water partition coefficient (Wildman–Crippen LogP) is 1.01. The molecule has 1 fully saturated rings. The molecule has 3 nitrogen and oxygen atoms in total. The lowest BCUT2D eigenvalue weighted by atomic mass is 10.2. The minimum atomic E-state index is 0.145. The highest BCUT2D eigenvalue weighted by Gasteiger charge is 2.13. The monoisotopic (exact) mass is 179 g/mol. The second-order valence-corrected chi connectivity index (χ2v) is 3.66. The van der Waals surface area contributed by atoms with E-state index in [1.54, 1.807) is 12.1 Å². The third-order valence-corrected chi connectivity index (χ3v) is 2.80.